The number of halogens is 1. The fraction of sp³-hybridized carbons (Fsp3) is 0.300. The Morgan fingerprint density at radius 3 is 2.81 bits per heavy atom. The number of benzene rings is 2. The van der Waals surface area contributed by atoms with Gasteiger partial charge in [-0.05, 0) is 11.6 Å². The van der Waals surface area contributed by atoms with E-state index in [1.54, 1.807) is 4.90 Å². The molecule has 2 aliphatic heterocycles. The second-order valence-corrected chi connectivity index (χ2v) is 6.74. The summed E-state index contributed by atoms with van der Waals surface area (Å²) in [4.78, 5) is 25.5. The first-order chi connectivity index (χ1) is 13.1. The molecule has 0 unspecified atom stereocenters. The number of nitrogens with zero attached hydrogens (tertiary/aromatic N) is 1. The third-order valence-electron chi connectivity index (χ3n) is 4.64. The molecular weight excluding hydrogens is 351 g/mol. The molecule has 0 aliphatic carbocycles. The average Bonchev–Trinajstić information content (AvgIpc) is 2.63. The van der Waals surface area contributed by atoms with Crippen LogP contribution in [-0.4, -0.2) is 43.0 Å². The first-order valence-electron chi connectivity index (χ1n) is 8.77. The predicted molar refractivity (Wildman–Crippen MR) is 96.0 cm³/mol. The number of anilines is 1. The molecule has 2 aromatic carbocycles. The van der Waals surface area contributed by atoms with Crippen molar-refractivity contribution in [3.05, 3.63) is 59.4 Å². The summed E-state index contributed by atoms with van der Waals surface area (Å²) in [5, 5.41) is 2.59. The quantitative estimate of drug-likeness (QED) is 0.878. The fourth-order valence-corrected chi connectivity index (χ4v) is 3.19. The van der Waals surface area contributed by atoms with Gasteiger partial charge in [-0.2, -0.15) is 0 Å². The zero-order valence-corrected chi connectivity index (χ0v) is 14.6. The molecule has 2 amide bonds. The van der Waals surface area contributed by atoms with Crippen LogP contribution < -0.4 is 10.1 Å². The first-order valence-corrected chi connectivity index (χ1v) is 8.77. The number of carbonyl (C=O) groups is 2. The Morgan fingerprint density at radius 2 is 2.04 bits per heavy atom. The second kappa shape index (κ2) is 7.36. The van der Waals surface area contributed by atoms with Gasteiger partial charge in [-0.3, -0.25) is 9.59 Å². The van der Waals surface area contributed by atoms with Crippen LogP contribution >= 0.6 is 0 Å². The summed E-state index contributed by atoms with van der Waals surface area (Å²) in [6, 6.07) is 12.4. The molecule has 0 bridgehead atoms. The number of hydrogen-bond donors (Lipinski definition) is 1. The van der Waals surface area contributed by atoms with Crippen molar-refractivity contribution in [2.45, 2.75) is 6.61 Å². The van der Waals surface area contributed by atoms with E-state index in [2.05, 4.69) is 5.32 Å². The Hall–Kier alpha value is -2.93. The molecule has 4 rings (SSSR count). The highest BCUT2D eigenvalue weighted by Crippen LogP contribution is 2.32. The van der Waals surface area contributed by atoms with Gasteiger partial charge in [0.05, 0.1) is 24.5 Å². The van der Waals surface area contributed by atoms with E-state index in [0.717, 1.165) is 11.6 Å². The maximum absolute atomic E-state index is 14.3. The van der Waals surface area contributed by atoms with E-state index in [4.69, 9.17) is 9.47 Å². The SMILES string of the molecule is O=C1COc2cc(F)c(C(=O)N3CC(COCc4ccccc4)C3)cc2N1. The van der Waals surface area contributed by atoms with Gasteiger partial charge in [-0.15, -0.1) is 0 Å². The van der Waals surface area contributed by atoms with Crippen molar-refractivity contribution in [1.82, 2.24) is 4.90 Å². The van der Waals surface area contributed by atoms with Crippen molar-refractivity contribution < 1.29 is 23.5 Å². The Morgan fingerprint density at radius 1 is 1.26 bits per heavy atom. The number of fused-ring (bicyclic) bond motifs is 1. The van der Waals surface area contributed by atoms with Gasteiger partial charge in [-0.25, -0.2) is 4.39 Å². The van der Waals surface area contributed by atoms with Crippen LogP contribution in [-0.2, 0) is 16.1 Å². The Labute approximate surface area is 155 Å². The van der Waals surface area contributed by atoms with Crippen LogP contribution in [0.3, 0.4) is 0 Å². The van der Waals surface area contributed by atoms with Crippen LogP contribution in [0.15, 0.2) is 42.5 Å². The van der Waals surface area contributed by atoms with Crippen molar-refractivity contribution in [3.8, 4) is 5.75 Å². The van der Waals surface area contributed by atoms with Crippen LogP contribution in [0.1, 0.15) is 15.9 Å². The zero-order valence-electron chi connectivity index (χ0n) is 14.6. The Balaban J connectivity index is 1.31. The standard InChI is InChI=1S/C20H19FN2O4/c21-16-7-18-17(22-19(24)12-27-18)6-15(16)20(25)23-8-14(9-23)11-26-10-13-4-2-1-3-5-13/h1-7,14H,8-12H2,(H,22,24). The molecule has 1 fully saturated rings. The van der Waals surface area contributed by atoms with Crippen LogP contribution in [0.25, 0.3) is 0 Å². The predicted octanol–water partition coefficient (Wildman–Crippen LogP) is 2.45. The highest BCUT2D eigenvalue weighted by Gasteiger charge is 2.33. The average molecular weight is 370 g/mol. The molecule has 2 aliphatic rings. The molecular formula is C20H19FN2O4. The summed E-state index contributed by atoms with van der Waals surface area (Å²) in [5.41, 5.74) is 1.35. The summed E-state index contributed by atoms with van der Waals surface area (Å²) in [6.45, 7) is 1.97. The van der Waals surface area contributed by atoms with E-state index in [0.29, 0.717) is 32.0 Å². The summed E-state index contributed by atoms with van der Waals surface area (Å²) in [6.07, 6.45) is 0. The van der Waals surface area contributed by atoms with Crippen molar-refractivity contribution in [2.75, 3.05) is 31.6 Å². The van der Waals surface area contributed by atoms with E-state index in [-0.39, 0.29) is 29.7 Å². The Bertz CT molecular complexity index is 866. The maximum atomic E-state index is 14.3. The normalized spacial score (nSPS) is 16.2. The number of likely N-dealkylation sites (tertiary alicyclic amines) is 1. The van der Waals surface area contributed by atoms with Gasteiger partial charge < -0.3 is 19.7 Å². The third-order valence-corrected chi connectivity index (χ3v) is 4.64. The largest absolute Gasteiger partial charge is 0.481 e. The lowest BCUT2D eigenvalue weighted by atomic mass is 9.99. The minimum absolute atomic E-state index is 0.0665. The topological polar surface area (TPSA) is 67.9 Å². The van der Waals surface area contributed by atoms with Gasteiger partial charge in [0.25, 0.3) is 11.8 Å². The van der Waals surface area contributed by atoms with E-state index in [1.165, 1.54) is 6.07 Å². The first kappa shape index (κ1) is 17.5. The van der Waals surface area contributed by atoms with Crippen molar-refractivity contribution in [1.29, 1.82) is 0 Å². The number of ether oxygens (including phenoxy) is 2. The molecule has 0 aromatic heterocycles. The van der Waals surface area contributed by atoms with Crippen LogP contribution in [0.2, 0.25) is 0 Å². The number of carbonyl (C=O) groups excluding carboxylic acids is 2. The smallest absolute Gasteiger partial charge is 0.262 e. The van der Waals surface area contributed by atoms with Crippen LogP contribution in [0.5, 0.6) is 5.75 Å². The summed E-state index contributed by atoms with van der Waals surface area (Å²) >= 11 is 0. The lowest BCUT2D eigenvalue weighted by Gasteiger charge is -2.39. The molecule has 2 heterocycles. The van der Waals surface area contributed by atoms with Gasteiger partial charge in [0, 0.05) is 25.1 Å². The molecule has 0 spiro atoms. The molecule has 0 atom stereocenters. The van der Waals surface area contributed by atoms with Gasteiger partial charge in [0.15, 0.2) is 6.61 Å². The molecule has 2 aromatic rings. The van der Waals surface area contributed by atoms with Gasteiger partial charge in [-0.1, -0.05) is 30.3 Å². The molecule has 1 saturated heterocycles. The maximum Gasteiger partial charge on any atom is 0.262 e. The zero-order chi connectivity index (χ0) is 18.8. The highest BCUT2D eigenvalue weighted by molar-refractivity contribution is 6.00. The summed E-state index contributed by atoms with van der Waals surface area (Å²) in [7, 11) is 0. The number of rotatable bonds is 5. The minimum Gasteiger partial charge on any atom is -0.481 e. The summed E-state index contributed by atoms with van der Waals surface area (Å²) in [5.74, 6) is -0.902. The molecule has 6 nitrogen and oxygen atoms in total. The van der Waals surface area contributed by atoms with Gasteiger partial charge in [0.2, 0.25) is 0 Å². The molecule has 0 radical (unpaired) electrons. The van der Waals surface area contributed by atoms with E-state index >= 15 is 0 Å². The van der Waals surface area contributed by atoms with Crippen molar-refractivity contribution in [2.24, 2.45) is 5.92 Å². The second-order valence-electron chi connectivity index (χ2n) is 6.74. The minimum atomic E-state index is -0.654. The summed E-state index contributed by atoms with van der Waals surface area (Å²) < 4.78 is 25.1. The lowest BCUT2D eigenvalue weighted by Crippen LogP contribution is -2.51. The number of amides is 2. The molecule has 27 heavy (non-hydrogen) atoms. The molecule has 1 N–H and O–H groups in total. The Kier molecular flexibility index (Phi) is 4.77. The lowest BCUT2D eigenvalue weighted by molar-refractivity contribution is -0.118. The van der Waals surface area contributed by atoms with E-state index in [1.807, 2.05) is 30.3 Å². The molecule has 140 valence electrons. The van der Waals surface area contributed by atoms with Crippen molar-refractivity contribution >= 4 is 17.5 Å². The monoisotopic (exact) mass is 370 g/mol. The van der Waals surface area contributed by atoms with Crippen LogP contribution in [0, 0.1) is 11.7 Å². The van der Waals surface area contributed by atoms with Crippen molar-refractivity contribution in [3.63, 3.8) is 0 Å². The van der Waals surface area contributed by atoms with E-state index in [9.17, 15) is 14.0 Å². The van der Waals surface area contributed by atoms with Gasteiger partial charge >= 0.3 is 0 Å². The number of hydrogen-bond acceptors (Lipinski definition) is 4. The third kappa shape index (κ3) is 3.78. The molecule has 7 heteroatoms. The fourth-order valence-electron chi connectivity index (χ4n) is 3.19. The number of nitrogens with one attached hydrogen (secondary N) is 1. The van der Waals surface area contributed by atoms with Crippen LogP contribution in [0.4, 0.5) is 10.1 Å². The molecule has 0 saturated carbocycles. The van der Waals surface area contributed by atoms with E-state index < -0.39 is 11.7 Å². The van der Waals surface area contributed by atoms with Gasteiger partial charge in [0.1, 0.15) is 11.6 Å². The highest BCUT2D eigenvalue weighted by atomic mass is 19.1.